The van der Waals surface area contributed by atoms with E-state index >= 15 is 0 Å². The standard InChI is InChI=1S/C22H26N2O5/c1-2-27-22(26)24-11-9-23(10-12-24)14-16(25)15-28-17-7-8-21-19(13-17)18-5-3-4-6-20(18)29-21/h3-8,13,16,25H,2,9-12,14-15H2,1H3/p+1/t16-/m0/s1. The van der Waals surface area contributed by atoms with Crippen LogP contribution in [0.4, 0.5) is 4.79 Å². The molecule has 0 radical (unpaired) electrons. The molecule has 1 amide bonds. The van der Waals surface area contributed by atoms with Crippen LogP contribution in [-0.2, 0) is 4.74 Å². The molecule has 2 heterocycles. The third-order valence-electron chi connectivity index (χ3n) is 5.31. The number of hydrogen-bond acceptors (Lipinski definition) is 5. The molecule has 4 rings (SSSR count). The van der Waals surface area contributed by atoms with Gasteiger partial charge in [0.25, 0.3) is 0 Å². The SMILES string of the molecule is CCOC(=O)N1CC[NH+](C[C@H](O)COc2ccc3oc4ccccc4c3c2)CC1. The van der Waals surface area contributed by atoms with Crippen molar-refractivity contribution in [1.82, 2.24) is 4.90 Å². The van der Waals surface area contributed by atoms with Crippen LogP contribution in [0, 0.1) is 0 Å². The summed E-state index contributed by atoms with van der Waals surface area (Å²) in [6, 6.07) is 13.6. The number of nitrogens with zero attached hydrogens (tertiary/aromatic N) is 1. The van der Waals surface area contributed by atoms with Crippen LogP contribution in [0.1, 0.15) is 6.92 Å². The zero-order valence-corrected chi connectivity index (χ0v) is 16.6. The van der Waals surface area contributed by atoms with Crippen LogP contribution in [0.25, 0.3) is 21.9 Å². The summed E-state index contributed by atoms with van der Waals surface area (Å²) < 4.78 is 16.7. The quantitative estimate of drug-likeness (QED) is 0.660. The van der Waals surface area contributed by atoms with E-state index < -0.39 is 6.10 Å². The third kappa shape index (κ3) is 4.46. The maximum Gasteiger partial charge on any atom is 0.410 e. The van der Waals surface area contributed by atoms with Crippen LogP contribution in [0.2, 0.25) is 0 Å². The van der Waals surface area contributed by atoms with Gasteiger partial charge in [-0.2, -0.15) is 0 Å². The predicted molar refractivity (Wildman–Crippen MR) is 109 cm³/mol. The molecule has 0 unspecified atom stereocenters. The van der Waals surface area contributed by atoms with Crippen LogP contribution >= 0.6 is 0 Å². The van der Waals surface area contributed by atoms with E-state index in [9.17, 15) is 9.90 Å². The lowest BCUT2D eigenvalue weighted by Gasteiger charge is -2.32. The lowest BCUT2D eigenvalue weighted by Crippen LogP contribution is -3.16. The van der Waals surface area contributed by atoms with Crippen LogP contribution < -0.4 is 9.64 Å². The van der Waals surface area contributed by atoms with Gasteiger partial charge in [-0.25, -0.2) is 4.79 Å². The Hall–Kier alpha value is -2.77. The van der Waals surface area contributed by atoms with Gasteiger partial charge < -0.3 is 23.9 Å². The molecule has 1 saturated heterocycles. The highest BCUT2D eigenvalue weighted by Gasteiger charge is 2.26. The number of fused-ring (bicyclic) bond motifs is 3. The van der Waals surface area contributed by atoms with Crippen molar-refractivity contribution in [1.29, 1.82) is 0 Å². The van der Waals surface area contributed by atoms with Crippen LogP contribution in [0.5, 0.6) is 5.75 Å². The van der Waals surface area contributed by atoms with Crippen molar-refractivity contribution in [2.24, 2.45) is 0 Å². The normalized spacial score (nSPS) is 16.3. The van der Waals surface area contributed by atoms with Crippen molar-refractivity contribution in [2.75, 3.05) is 45.9 Å². The number of quaternary nitrogens is 1. The van der Waals surface area contributed by atoms with Crippen molar-refractivity contribution in [3.63, 3.8) is 0 Å². The Balaban J connectivity index is 1.29. The molecule has 154 valence electrons. The Morgan fingerprint density at radius 1 is 1.17 bits per heavy atom. The summed E-state index contributed by atoms with van der Waals surface area (Å²) in [6.45, 7) is 5.90. The fraction of sp³-hybridized carbons (Fsp3) is 0.409. The maximum atomic E-state index is 11.8. The number of piperazine rings is 1. The summed E-state index contributed by atoms with van der Waals surface area (Å²) in [6.07, 6.45) is -0.825. The number of aliphatic hydroxyl groups is 1. The average molecular weight is 399 g/mol. The summed E-state index contributed by atoms with van der Waals surface area (Å²) in [5.41, 5.74) is 1.67. The van der Waals surface area contributed by atoms with E-state index in [1.54, 1.807) is 4.90 Å². The van der Waals surface area contributed by atoms with Crippen molar-refractivity contribution >= 4 is 28.0 Å². The van der Waals surface area contributed by atoms with E-state index in [2.05, 4.69) is 0 Å². The molecule has 7 nitrogen and oxygen atoms in total. The molecular formula is C22H27N2O5+. The van der Waals surface area contributed by atoms with E-state index in [1.807, 2.05) is 49.4 Å². The number of hydrogen-bond donors (Lipinski definition) is 2. The molecule has 0 saturated carbocycles. The summed E-state index contributed by atoms with van der Waals surface area (Å²) in [7, 11) is 0. The number of amides is 1. The molecule has 1 aliphatic rings. The van der Waals surface area contributed by atoms with E-state index in [1.165, 1.54) is 4.90 Å². The number of ether oxygens (including phenoxy) is 2. The fourth-order valence-electron chi connectivity index (χ4n) is 3.80. The molecular weight excluding hydrogens is 372 g/mol. The fourth-order valence-corrected chi connectivity index (χ4v) is 3.80. The zero-order chi connectivity index (χ0) is 20.2. The highest BCUT2D eigenvalue weighted by atomic mass is 16.6. The topological polar surface area (TPSA) is 76.6 Å². The predicted octanol–water partition coefficient (Wildman–Crippen LogP) is 1.68. The molecule has 2 aromatic carbocycles. The lowest BCUT2D eigenvalue weighted by molar-refractivity contribution is -0.907. The summed E-state index contributed by atoms with van der Waals surface area (Å²) in [5, 5.41) is 12.5. The molecule has 0 spiro atoms. The number of aliphatic hydroxyl groups excluding tert-OH is 1. The average Bonchev–Trinajstić information content (AvgIpc) is 3.11. The molecule has 1 fully saturated rings. The Morgan fingerprint density at radius 3 is 2.72 bits per heavy atom. The Morgan fingerprint density at radius 2 is 1.93 bits per heavy atom. The molecule has 1 aromatic heterocycles. The minimum atomic E-state index is -0.573. The minimum absolute atomic E-state index is 0.229. The highest BCUT2D eigenvalue weighted by molar-refractivity contribution is 6.05. The van der Waals surface area contributed by atoms with E-state index in [4.69, 9.17) is 13.9 Å². The van der Waals surface area contributed by atoms with Gasteiger partial charge in [0.2, 0.25) is 0 Å². The highest BCUT2D eigenvalue weighted by Crippen LogP contribution is 2.31. The second-order valence-electron chi connectivity index (χ2n) is 7.36. The summed E-state index contributed by atoms with van der Waals surface area (Å²) >= 11 is 0. The van der Waals surface area contributed by atoms with E-state index in [-0.39, 0.29) is 12.7 Å². The Bertz CT molecular complexity index is 978. The monoisotopic (exact) mass is 399 g/mol. The Kier molecular flexibility index (Phi) is 5.87. The van der Waals surface area contributed by atoms with Crippen molar-refractivity contribution in [3.05, 3.63) is 42.5 Å². The smallest absolute Gasteiger partial charge is 0.410 e. The number of carbonyl (C=O) groups is 1. The van der Waals surface area contributed by atoms with Crippen molar-refractivity contribution < 1.29 is 28.7 Å². The van der Waals surface area contributed by atoms with Crippen LogP contribution in [0.15, 0.2) is 46.9 Å². The zero-order valence-electron chi connectivity index (χ0n) is 16.6. The first kappa shape index (κ1) is 19.5. The first-order valence-electron chi connectivity index (χ1n) is 10.1. The van der Waals surface area contributed by atoms with Gasteiger partial charge in [0.05, 0.1) is 32.8 Å². The summed E-state index contributed by atoms with van der Waals surface area (Å²) in [4.78, 5) is 14.7. The van der Waals surface area contributed by atoms with Gasteiger partial charge in [0.15, 0.2) is 0 Å². The third-order valence-corrected chi connectivity index (χ3v) is 5.31. The van der Waals surface area contributed by atoms with E-state index in [0.717, 1.165) is 35.0 Å². The second kappa shape index (κ2) is 8.71. The number of rotatable bonds is 6. The van der Waals surface area contributed by atoms with Gasteiger partial charge in [-0.3, -0.25) is 4.90 Å². The summed E-state index contributed by atoms with van der Waals surface area (Å²) in [5.74, 6) is 0.713. The van der Waals surface area contributed by atoms with Gasteiger partial charge in [0.1, 0.15) is 36.2 Å². The number of furan rings is 1. The minimum Gasteiger partial charge on any atom is -0.491 e. The molecule has 1 aliphatic heterocycles. The molecule has 7 heteroatoms. The van der Waals surface area contributed by atoms with Crippen LogP contribution in [-0.4, -0.2) is 68.1 Å². The van der Waals surface area contributed by atoms with Crippen molar-refractivity contribution in [3.8, 4) is 5.75 Å². The molecule has 3 aromatic rings. The largest absolute Gasteiger partial charge is 0.491 e. The van der Waals surface area contributed by atoms with Gasteiger partial charge in [0, 0.05) is 10.8 Å². The Labute approximate surface area is 169 Å². The molecule has 0 bridgehead atoms. The lowest BCUT2D eigenvalue weighted by atomic mass is 10.1. The second-order valence-corrected chi connectivity index (χ2v) is 7.36. The van der Waals surface area contributed by atoms with Gasteiger partial charge >= 0.3 is 6.09 Å². The van der Waals surface area contributed by atoms with Gasteiger partial charge in [-0.1, -0.05) is 18.2 Å². The number of para-hydroxylation sites is 1. The molecule has 2 N–H and O–H groups in total. The van der Waals surface area contributed by atoms with Crippen LogP contribution in [0.3, 0.4) is 0 Å². The first-order valence-corrected chi connectivity index (χ1v) is 10.1. The molecule has 29 heavy (non-hydrogen) atoms. The van der Waals surface area contributed by atoms with Gasteiger partial charge in [-0.05, 0) is 31.2 Å². The molecule has 0 aliphatic carbocycles. The first-order chi connectivity index (χ1) is 14.1. The number of carbonyl (C=O) groups excluding carboxylic acids is 1. The van der Waals surface area contributed by atoms with E-state index in [0.29, 0.717) is 32.0 Å². The van der Waals surface area contributed by atoms with Gasteiger partial charge in [-0.15, -0.1) is 0 Å². The van der Waals surface area contributed by atoms with Crippen molar-refractivity contribution in [2.45, 2.75) is 13.0 Å². The molecule has 1 atom stereocenters. The maximum absolute atomic E-state index is 11.8. The number of benzene rings is 2. The number of nitrogens with one attached hydrogen (secondary N) is 1.